The molecule has 5 nitrogen and oxygen atoms in total. The lowest BCUT2D eigenvalue weighted by Crippen LogP contribution is -2.44. The highest BCUT2D eigenvalue weighted by molar-refractivity contribution is 5.79. The van der Waals surface area contributed by atoms with E-state index in [1.54, 1.807) is 12.1 Å². The zero-order valence-corrected chi connectivity index (χ0v) is 13.7. The van der Waals surface area contributed by atoms with Gasteiger partial charge in [0.25, 0.3) is 5.56 Å². The summed E-state index contributed by atoms with van der Waals surface area (Å²) in [6.07, 6.45) is 5.14. The minimum atomic E-state index is -0.156. The molecule has 0 N–H and O–H groups in total. The number of nitrogens with zero attached hydrogens (tertiary/aromatic N) is 3. The first-order valence-electron chi connectivity index (χ1n) is 8.30. The minimum absolute atomic E-state index is 0.00826. The van der Waals surface area contributed by atoms with Crippen molar-refractivity contribution in [3.8, 4) is 0 Å². The largest absolute Gasteiger partial charge is 0.338 e. The molecule has 0 aliphatic heterocycles. The summed E-state index contributed by atoms with van der Waals surface area (Å²) < 4.78 is 1.42. The second-order valence-electron chi connectivity index (χ2n) is 6.63. The van der Waals surface area contributed by atoms with Crippen molar-refractivity contribution in [1.29, 1.82) is 0 Å². The van der Waals surface area contributed by atoms with Gasteiger partial charge in [0.1, 0.15) is 6.54 Å². The van der Waals surface area contributed by atoms with Crippen LogP contribution in [0.4, 0.5) is 0 Å². The van der Waals surface area contributed by atoms with Gasteiger partial charge in [-0.25, -0.2) is 4.98 Å². The maximum absolute atomic E-state index is 12.7. The second-order valence-corrected chi connectivity index (χ2v) is 6.63. The molecule has 1 aromatic heterocycles. The SMILES string of the molecule is CC(C)N(CC1CCC1)C(=O)Cn1cnc2ccccc2c1=O. The van der Waals surface area contributed by atoms with Gasteiger partial charge in [-0.15, -0.1) is 0 Å². The van der Waals surface area contributed by atoms with Gasteiger partial charge >= 0.3 is 0 Å². The molecule has 0 bridgehead atoms. The number of aromatic nitrogens is 2. The summed E-state index contributed by atoms with van der Waals surface area (Å²) in [5, 5.41) is 0.554. The highest BCUT2D eigenvalue weighted by atomic mass is 16.2. The fourth-order valence-corrected chi connectivity index (χ4v) is 3.01. The highest BCUT2D eigenvalue weighted by Gasteiger charge is 2.25. The van der Waals surface area contributed by atoms with Gasteiger partial charge in [0, 0.05) is 12.6 Å². The van der Waals surface area contributed by atoms with E-state index in [0.29, 0.717) is 16.8 Å². The molecule has 1 heterocycles. The molecular weight excluding hydrogens is 290 g/mol. The van der Waals surface area contributed by atoms with E-state index < -0.39 is 0 Å². The Bertz CT molecular complexity index is 762. The van der Waals surface area contributed by atoms with Crippen LogP contribution in [0.1, 0.15) is 33.1 Å². The maximum Gasteiger partial charge on any atom is 0.261 e. The van der Waals surface area contributed by atoms with Crippen LogP contribution in [0, 0.1) is 5.92 Å². The molecule has 1 saturated carbocycles. The van der Waals surface area contributed by atoms with Crippen LogP contribution < -0.4 is 5.56 Å². The zero-order valence-electron chi connectivity index (χ0n) is 13.7. The number of hydrogen-bond acceptors (Lipinski definition) is 3. The fraction of sp³-hybridized carbons (Fsp3) is 0.500. The summed E-state index contributed by atoms with van der Waals surface area (Å²) in [7, 11) is 0. The average Bonchev–Trinajstić information content (AvgIpc) is 2.48. The van der Waals surface area contributed by atoms with Crippen molar-refractivity contribution in [2.75, 3.05) is 6.54 Å². The summed E-state index contributed by atoms with van der Waals surface area (Å²) in [6.45, 7) is 4.91. The molecule has 1 amide bonds. The number of para-hydroxylation sites is 1. The third-order valence-electron chi connectivity index (χ3n) is 4.66. The summed E-state index contributed by atoms with van der Waals surface area (Å²) in [5.74, 6) is 0.610. The van der Waals surface area contributed by atoms with E-state index in [1.165, 1.54) is 30.2 Å². The van der Waals surface area contributed by atoms with Crippen molar-refractivity contribution < 1.29 is 4.79 Å². The zero-order chi connectivity index (χ0) is 16.4. The summed E-state index contributed by atoms with van der Waals surface area (Å²) in [6, 6.07) is 7.37. The van der Waals surface area contributed by atoms with E-state index in [0.717, 1.165) is 6.54 Å². The van der Waals surface area contributed by atoms with Crippen LogP contribution in [0.2, 0.25) is 0 Å². The minimum Gasteiger partial charge on any atom is -0.338 e. The molecule has 3 rings (SSSR count). The number of rotatable bonds is 5. The van der Waals surface area contributed by atoms with Crippen molar-refractivity contribution >= 4 is 16.8 Å². The monoisotopic (exact) mass is 313 g/mol. The number of hydrogen-bond donors (Lipinski definition) is 0. The van der Waals surface area contributed by atoms with Crippen molar-refractivity contribution in [2.24, 2.45) is 5.92 Å². The molecule has 1 aliphatic rings. The summed E-state index contributed by atoms with van der Waals surface area (Å²) in [4.78, 5) is 31.3. The molecule has 23 heavy (non-hydrogen) atoms. The Morgan fingerprint density at radius 3 is 2.74 bits per heavy atom. The lowest BCUT2D eigenvalue weighted by molar-refractivity contribution is -0.134. The first kappa shape index (κ1) is 15.7. The molecule has 0 spiro atoms. The molecular formula is C18H23N3O2. The van der Waals surface area contributed by atoms with Gasteiger partial charge in [-0.05, 0) is 44.7 Å². The van der Waals surface area contributed by atoms with Crippen molar-refractivity contribution in [1.82, 2.24) is 14.5 Å². The lowest BCUT2D eigenvalue weighted by atomic mass is 9.85. The first-order chi connectivity index (χ1) is 11.1. The molecule has 2 aromatic rings. The van der Waals surface area contributed by atoms with Gasteiger partial charge in [-0.1, -0.05) is 18.6 Å². The highest BCUT2D eigenvalue weighted by Crippen LogP contribution is 2.27. The molecule has 0 saturated heterocycles. The molecule has 1 aromatic carbocycles. The quantitative estimate of drug-likeness (QED) is 0.852. The number of benzene rings is 1. The van der Waals surface area contributed by atoms with Crippen LogP contribution in [0.25, 0.3) is 10.9 Å². The van der Waals surface area contributed by atoms with Crippen LogP contribution in [0.5, 0.6) is 0 Å². The van der Waals surface area contributed by atoms with Gasteiger partial charge in [-0.2, -0.15) is 0 Å². The van der Waals surface area contributed by atoms with E-state index in [1.807, 2.05) is 30.9 Å². The Morgan fingerprint density at radius 1 is 1.35 bits per heavy atom. The number of carbonyl (C=O) groups is 1. The molecule has 0 radical (unpaired) electrons. The van der Waals surface area contributed by atoms with Crippen LogP contribution in [0.15, 0.2) is 35.4 Å². The van der Waals surface area contributed by atoms with E-state index in [4.69, 9.17) is 0 Å². The molecule has 1 aliphatic carbocycles. The molecule has 5 heteroatoms. The van der Waals surface area contributed by atoms with E-state index in [2.05, 4.69) is 4.98 Å². The number of amides is 1. The van der Waals surface area contributed by atoms with Gasteiger partial charge < -0.3 is 4.90 Å². The predicted molar refractivity (Wildman–Crippen MR) is 90.2 cm³/mol. The van der Waals surface area contributed by atoms with Gasteiger partial charge in [0.2, 0.25) is 5.91 Å². The second kappa shape index (κ2) is 6.52. The van der Waals surface area contributed by atoms with E-state index in [-0.39, 0.29) is 24.1 Å². The van der Waals surface area contributed by atoms with Crippen molar-refractivity contribution in [2.45, 2.75) is 45.7 Å². The smallest absolute Gasteiger partial charge is 0.261 e. The van der Waals surface area contributed by atoms with Gasteiger partial charge in [-0.3, -0.25) is 14.2 Å². The number of carbonyl (C=O) groups excluding carboxylic acids is 1. The Kier molecular flexibility index (Phi) is 4.46. The van der Waals surface area contributed by atoms with Gasteiger partial charge in [0.15, 0.2) is 0 Å². The van der Waals surface area contributed by atoms with Crippen LogP contribution in [-0.2, 0) is 11.3 Å². The Labute approximate surface area is 135 Å². The Balaban J connectivity index is 1.80. The summed E-state index contributed by atoms with van der Waals surface area (Å²) in [5.41, 5.74) is 0.507. The van der Waals surface area contributed by atoms with Crippen LogP contribution in [-0.4, -0.2) is 32.9 Å². The molecule has 0 unspecified atom stereocenters. The first-order valence-corrected chi connectivity index (χ1v) is 8.30. The van der Waals surface area contributed by atoms with Crippen molar-refractivity contribution in [3.63, 3.8) is 0 Å². The topological polar surface area (TPSA) is 55.2 Å². The third kappa shape index (κ3) is 3.28. The maximum atomic E-state index is 12.7. The Morgan fingerprint density at radius 2 is 2.09 bits per heavy atom. The van der Waals surface area contributed by atoms with E-state index in [9.17, 15) is 9.59 Å². The normalized spacial score (nSPS) is 14.9. The van der Waals surface area contributed by atoms with Crippen LogP contribution in [0.3, 0.4) is 0 Å². The van der Waals surface area contributed by atoms with Gasteiger partial charge in [0.05, 0.1) is 17.2 Å². The van der Waals surface area contributed by atoms with Crippen molar-refractivity contribution in [3.05, 3.63) is 40.9 Å². The summed E-state index contributed by atoms with van der Waals surface area (Å²) >= 11 is 0. The number of fused-ring (bicyclic) bond motifs is 1. The molecule has 122 valence electrons. The third-order valence-corrected chi connectivity index (χ3v) is 4.66. The Hall–Kier alpha value is -2.17. The molecule has 0 atom stereocenters. The van der Waals surface area contributed by atoms with E-state index >= 15 is 0 Å². The molecule has 1 fully saturated rings. The average molecular weight is 313 g/mol. The fourth-order valence-electron chi connectivity index (χ4n) is 3.01. The standard InChI is InChI=1S/C18H23N3O2/c1-13(2)21(10-14-6-5-7-14)17(22)11-20-12-19-16-9-4-3-8-15(16)18(20)23/h3-4,8-9,12-14H,5-7,10-11H2,1-2H3. The predicted octanol–water partition coefficient (Wildman–Crippen LogP) is 2.43. The lowest BCUT2D eigenvalue weighted by Gasteiger charge is -2.35. The van der Waals surface area contributed by atoms with Crippen LogP contribution >= 0.6 is 0 Å².